The minimum Gasteiger partial charge on any atom is -0.465 e. The van der Waals surface area contributed by atoms with Crippen LogP contribution in [0.3, 0.4) is 0 Å². The molecule has 8 heteroatoms. The number of aromatic nitrogens is 1. The second-order valence-electron chi connectivity index (χ2n) is 5.48. The molecule has 0 fully saturated rings. The number of methoxy groups -OCH3 is 1. The Morgan fingerprint density at radius 1 is 1.33 bits per heavy atom. The number of hydrogen-bond donors (Lipinski definition) is 2. The number of aryl methyl sites for hydroxylation is 3. The number of anilines is 2. The Labute approximate surface area is 154 Å². The average Bonchev–Trinajstić information content (AvgIpc) is 3.17. The van der Waals surface area contributed by atoms with Gasteiger partial charge in [0.15, 0.2) is 10.2 Å². The summed E-state index contributed by atoms with van der Waals surface area (Å²) in [4.78, 5) is 19.0. The smallest absolute Gasteiger partial charge is 0.340 e. The van der Waals surface area contributed by atoms with Crippen molar-refractivity contribution in [2.75, 3.05) is 17.7 Å². The first-order chi connectivity index (χ1) is 11.6. The Balaban J connectivity index is 1.71. The molecule has 128 valence electrons. The largest absolute Gasteiger partial charge is 0.465 e. The van der Waals surface area contributed by atoms with Crippen LogP contribution in [0.5, 0.6) is 0 Å². The first-order valence-corrected chi connectivity index (χ1v) is 9.92. The number of esters is 1. The number of ether oxygens (including phenoxy) is 1. The van der Waals surface area contributed by atoms with Gasteiger partial charge in [-0.15, -0.1) is 22.7 Å². The zero-order valence-electron chi connectivity index (χ0n) is 13.6. The van der Waals surface area contributed by atoms with Gasteiger partial charge in [0.05, 0.1) is 18.4 Å². The van der Waals surface area contributed by atoms with E-state index in [0.29, 0.717) is 15.7 Å². The summed E-state index contributed by atoms with van der Waals surface area (Å²) in [5.41, 5.74) is 1.71. The molecular weight excluding hydrogens is 362 g/mol. The van der Waals surface area contributed by atoms with E-state index in [-0.39, 0.29) is 5.97 Å². The molecule has 0 saturated heterocycles. The van der Waals surface area contributed by atoms with Gasteiger partial charge in [-0.25, -0.2) is 9.78 Å². The average molecular weight is 382 g/mol. The van der Waals surface area contributed by atoms with Crippen molar-refractivity contribution in [2.24, 2.45) is 0 Å². The van der Waals surface area contributed by atoms with Crippen LogP contribution < -0.4 is 10.6 Å². The van der Waals surface area contributed by atoms with E-state index in [1.54, 1.807) is 11.3 Å². The van der Waals surface area contributed by atoms with E-state index in [9.17, 15) is 4.79 Å². The maximum atomic E-state index is 11.9. The van der Waals surface area contributed by atoms with Crippen LogP contribution in [0, 0.1) is 0 Å². The van der Waals surface area contributed by atoms with Gasteiger partial charge in [0.1, 0.15) is 5.00 Å². The monoisotopic (exact) mass is 381 g/mol. The van der Waals surface area contributed by atoms with E-state index >= 15 is 0 Å². The molecular formula is C16H19N3O2S3. The highest BCUT2D eigenvalue weighted by Gasteiger charge is 2.19. The normalized spacial score (nSPS) is 13.2. The number of hydrogen-bond acceptors (Lipinski definition) is 6. The summed E-state index contributed by atoms with van der Waals surface area (Å²) in [6.07, 6.45) is 5.44. The summed E-state index contributed by atoms with van der Waals surface area (Å²) in [5, 5.41) is 8.21. The van der Waals surface area contributed by atoms with E-state index in [4.69, 9.17) is 17.0 Å². The number of nitrogens with one attached hydrogen (secondary N) is 2. The molecule has 24 heavy (non-hydrogen) atoms. The van der Waals surface area contributed by atoms with Crippen LogP contribution in [0.4, 0.5) is 10.1 Å². The molecule has 2 N–H and O–H groups in total. The lowest BCUT2D eigenvalue weighted by Crippen LogP contribution is -2.19. The number of rotatable bonds is 4. The number of thiophene rings is 1. The maximum absolute atomic E-state index is 11.9. The summed E-state index contributed by atoms with van der Waals surface area (Å²) in [6.45, 7) is 2.05. The van der Waals surface area contributed by atoms with Crippen molar-refractivity contribution in [1.29, 1.82) is 0 Å². The Bertz CT molecular complexity index is 743. The summed E-state index contributed by atoms with van der Waals surface area (Å²) < 4.78 is 4.84. The van der Waals surface area contributed by atoms with Crippen molar-refractivity contribution in [1.82, 2.24) is 4.98 Å². The van der Waals surface area contributed by atoms with Gasteiger partial charge in [0.2, 0.25) is 0 Å². The van der Waals surface area contributed by atoms with Crippen molar-refractivity contribution in [2.45, 2.75) is 39.0 Å². The molecule has 3 rings (SSSR count). The van der Waals surface area contributed by atoms with Gasteiger partial charge in [-0.3, -0.25) is 0 Å². The fourth-order valence-corrected chi connectivity index (χ4v) is 4.98. The lowest BCUT2D eigenvalue weighted by atomic mass is 10.0. The highest BCUT2D eigenvalue weighted by atomic mass is 32.1. The quantitative estimate of drug-likeness (QED) is 0.610. The van der Waals surface area contributed by atoms with Gasteiger partial charge in [-0.1, -0.05) is 6.92 Å². The Hall–Kier alpha value is -1.51. The van der Waals surface area contributed by atoms with Crippen LogP contribution in [0.15, 0.2) is 6.07 Å². The highest BCUT2D eigenvalue weighted by molar-refractivity contribution is 7.80. The van der Waals surface area contributed by atoms with Crippen LogP contribution in [0.1, 0.15) is 45.6 Å². The molecule has 0 bridgehead atoms. The van der Waals surface area contributed by atoms with E-state index in [1.807, 2.05) is 13.0 Å². The molecule has 2 heterocycles. The molecule has 0 atom stereocenters. The Morgan fingerprint density at radius 3 is 2.83 bits per heavy atom. The molecule has 0 spiro atoms. The number of carbonyl (C=O) groups is 1. The van der Waals surface area contributed by atoms with E-state index in [0.717, 1.165) is 29.3 Å². The number of thiocarbonyl (C=S) groups is 1. The Kier molecular flexibility index (Phi) is 5.47. The number of fused-ring (bicyclic) bond motifs is 1. The lowest BCUT2D eigenvalue weighted by Gasteiger charge is -2.08. The van der Waals surface area contributed by atoms with Crippen LogP contribution in [-0.4, -0.2) is 23.2 Å². The number of thiazole rings is 1. The molecule has 1 aliphatic carbocycles. The predicted molar refractivity (Wildman–Crippen MR) is 104 cm³/mol. The topological polar surface area (TPSA) is 63.2 Å². The molecule has 0 radical (unpaired) electrons. The minimum absolute atomic E-state index is 0.360. The van der Waals surface area contributed by atoms with E-state index < -0.39 is 0 Å². The first kappa shape index (κ1) is 17.3. The van der Waals surface area contributed by atoms with Crippen LogP contribution in [0.25, 0.3) is 0 Å². The molecule has 0 aliphatic heterocycles. The van der Waals surface area contributed by atoms with Crippen molar-refractivity contribution < 1.29 is 9.53 Å². The summed E-state index contributed by atoms with van der Waals surface area (Å²) in [5.74, 6) is -0.360. The van der Waals surface area contributed by atoms with Crippen LogP contribution in [0.2, 0.25) is 0 Å². The minimum atomic E-state index is -0.360. The maximum Gasteiger partial charge on any atom is 0.340 e. The second kappa shape index (κ2) is 7.58. The van der Waals surface area contributed by atoms with Crippen molar-refractivity contribution in [3.8, 4) is 0 Å². The third kappa shape index (κ3) is 3.76. The van der Waals surface area contributed by atoms with E-state index in [2.05, 4.69) is 15.6 Å². The van der Waals surface area contributed by atoms with Gasteiger partial charge in [-0.2, -0.15) is 0 Å². The van der Waals surface area contributed by atoms with Crippen LogP contribution in [-0.2, 0) is 24.0 Å². The zero-order valence-corrected chi connectivity index (χ0v) is 16.1. The fourth-order valence-electron chi connectivity index (χ4n) is 2.61. The molecule has 0 unspecified atom stereocenters. The highest BCUT2D eigenvalue weighted by Crippen LogP contribution is 2.31. The van der Waals surface area contributed by atoms with Crippen molar-refractivity contribution in [3.63, 3.8) is 0 Å². The second-order valence-corrected chi connectivity index (χ2v) is 8.10. The van der Waals surface area contributed by atoms with Crippen molar-refractivity contribution >= 4 is 56.1 Å². The standard InChI is InChI=1S/C16H19N3O2S3/c1-3-9-8-10(14(20)21-2)13(23-9)18-15(22)19-16-17-11-6-4-5-7-12(11)24-16/h8H,3-7H2,1-2H3,(H2,17,18,19,22). The Morgan fingerprint density at radius 2 is 2.12 bits per heavy atom. The molecule has 2 aromatic rings. The van der Waals surface area contributed by atoms with Gasteiger partial charge < -0.3 is 15.4 Å². The van der Waals surface area contributed by atoms with Gasteiger partial charge in [0, 0.05) is 9.75 Å². The molecule has 0 saturated carbocycles. The summed E-state index contributed by atoms with van der Waals surface area (Å²) in [7, 11) is 1.38. The predicted octanol–water partition coefficient (Wildman–Crippen LogP) is 4.24. The van der Waals surface area contributed by atoms with E-state index in [1.165, 1.54) is 41.9 Å². The third-order valence-electron chi connectivity index (χ3n) is 3.83. The number of carbonyl (C=O) groups excluding carboxylic acids is 1. The molecule has 0 aromatic carbocycles. The van der Waals surface area contributed by atoms with Crippen molar-refractivity contribution in [3.05, 3.63) is 27.1 Å². The van der Waals surface area contributed by atoms with Gasteiger partial charge in [0.25, 0.3) is 0 Å². The lowest BCUT2D eigenvalue weighted by molar-refractivity contribution is 0.0602. The van der Waals surface area contributed by atoms with Crippen LogP contribution >= 0.6 is 34.9 Å². The molecule has 0 amide bonds. The molecule has 5 nitrogen and oxygen atoms in total. The summed E-state index contributed by atoms with van der Waals surface area (Å²) in [6, 6.07) is 1.85. The fraction of sp³-hybridized carbons (Fsp3) is 0.438. The molecule has 2 aromatic heterocycles. The number of nitrogens with zero attached hydrogens (tertiary/aromatic N) is 1. The SMILES string of the molecule is CCc1cc(C(=O)OC)c(NC(=S)Nc2nc3c(s2)CCCC3)s1. The molecule has 1 aliphatic rings. The first-order valence-electron chi connectivity index (χ1n) is 7.88. The summed E-state index contributed by atoms with van der Waals surface area (Å²) >= 11 is 8.56. The van der Waals surface area contributed by atoms with Gasteiger partial charge in [-0.05, 0) is 50.4 Å². The zero-order chi connectivity index (χ0) is 17.1. The third-order valence-corrected chi connectivity index (χ3v) is 6.30. The van der Waals surface area contributed by atoms with Gasteiger partial charge >= 0.3 is 5.97 Å².